The molecular formula is C17H23N3. The Morgan fingerprint density at radius 3 is 2.50 bits per heavy atom. The molecule has 1 aromatic heterocycles. The van der Waals surface area contributed by atoms with E-state index in [4.69, 9.17) is 4.98 Å². The predicted molar refractivity (Wildman–Crippen MR) is 85.2 cm³/mol. The van der Waals surface area contributed by atoms with Gasteiger partial charge in [0.25, 0.3) is 0 Å². The Morgan fingerprint density at radius 1 is 1.10 bits per heavy atom. The van der Waals surface area contributed by atoms with E-state index in [9.17, 15) is 0 Å². The average molecular weight is 269 g/mol. The van der Waals surface area contributed by atoms with Crippen molar-refractivity contribution in [3.63, 3.8) is 0 Å². The summed E-state index contributed by atoms with van der Waals surface area (Å²) in [6, 6.07) is 8.45. The van der Waals surface area contributed by atoms with E-state index in [1.54, 1.807) is 0 Å². The first kappa shape index (κ1) is 14.5. The van der Waals surface area contributed by atoms with Gasteiger partial charge in [0.1, 0.15) is 5.82 Å². The summed E-state index contributed by atoms with van der Waals surface area (Å²) < 4.78 is 0. The number of anilines is 1. The molecular weight excluding hydrogens is 246 g/mol. The predicted octanol–water partition coefficient (Wildman–Crippen LogP) is 4.32. The van der Waals surface area contributed by atoms with Crippen LogP contribution in [0.3, 0.4) is 0 Å². The van der Waals surface area contributed by atoms with Gasteiger partial charge in [-0.3, -0.25) is 0 Å². The number of aryl methyl sites for hydroxylation is 2. The highest BCUT2D eigenvalue weighted by atomic mass is 15.0. The molecule has 0 amide bonds. The van der Waals surface area contributed by atoms with Crippen LogP contribution >= 0.6 is 0 Å². The Morgan fingerprint density at radius 2 is 1.85 bits per heavy atom. The maximum atomic E-state index is 4.74. The summed E-state index contributed by atoms with van der Waals surface area (Å²) in [6.45, 7) is 11.5. The number of benzene rings is 1. The third kappa shape index (κ3) is 3.16. The first-order chi connectivity index (χ1) is 9.51. The Labute approximate surface area is 121 Å². The number of rotatable bonds is 4. The van der Waals surface area contributed by atoms with Gasteiger partial charge in [0.05, 0.1) is 0 Å². The van der Waals surface area contributed by atoms with Crippen molar-refractivity contribution in [2.24, 2.45) is 0 Å². The van der Waals surface area contributed by atoms with Crippen molar-refractivity contribution in [1.82, 2.24) is 9.97 Å². The average Bonchev–Trinajstić information content (AvgIpc) is 2.41. The number of hydrogen-bond acceptors (Lipinski definition) is 3. The van der Waals surface area contributed by atoms with E-state index in [0.29, 0.717) is 5.92 Å². The van der Waals surface area contributed by atoms with Gasteiger partial charge in [0.2, 0.25) is 0 Å². The van der Waals surface area contributed by atoms with Crippen LogP contribution in [0.4, 0.5) is 5.82 Å². The van der Waals surface area contributed by atoms with Crippen LogP contribution in [0, 0.1) is 13.8 Å². The van der Waals surface area contributed by atoms with Gasteiger partial charge in [0, 0.05) is 23.9 Å². The lowest BCUT2D eigenvalue weighted by Crippen LogP contribution is -2.05. The molecule has 0 unspecified atom stereocenters. The summed E-state index contributed by atoms with van der Waals surface area (Å²) in [7, 11) is 0. The molecule has 0 aliphatic carbocycles. The highest BCUT2D eigenvalue weighted by Gasteiger charge is 2.11. The van der Waals surface area contributed by atoms with Crippen molar-refractivity contribution in [2.75, 3.05) is 11.9 Å². The second-order valence-electron chi connectivity index (χ2n) is 5.51. The fourth-order valence-electron chi connectivity index (χ4n) is 2.13. The molecule has 0 spiro atoms. The van der Waals surface area contributed by atoms with Gasteiger partial charge in [-0.25, -0.2) is 9.97 Å². The topological polar surface area (TPSA) is 37.8 Å². The van der Waals surface area contributed by atoms with Crippen molar-refractivity contribution in [3.8, 4) is 11.4 Å². The van der Waals surface area contributed by atoms with E-state index >= 15 is 0 Å². The summed E-state index contributed by atoms with van der Waals surface area (Å²) in [5, 5.41) is 3.30. The van der Waals surface area contributed by atoms with Crippen LogP contribution < -0.4 is 5.32 Å². The summed E-state index contributed by atoms with van der Waals surface area (Å²) in [6.07, 6.45) is 0. The molecule has 0 aliphatic rings. The van der Waals surface area contributed by atoms with Crippen molar-refractivity contribution in [2.45, 2.75) is 40.5 Å². The molecule has 0 saturated carbocycles. The first-order valence-corrected chi connectivity index (χ1v) is 7.21. The third-order valence-corrected chi connectivity index (χ3v) is 3.33. The van der Waals surface area contributed by atoms with Crippen molar-refractivity contribution < 1.29 is 0 Å². The van der Waals surface area contributed by atoms with E-state index in [-0.39, 0.29) is 0 Å². The zero-order chi connectivity index (χ0) is 14.7. The minimum absolute atomic E-state index is 0.388. The minimum Gasteiger partial charge on any atom is -0.370 e. The van der Waals surface area contributed by atoms with Crippen LogP contribution in [-0.2, 0) is 0 Å². The molecule has 1 N–H and O–H groups in total. The van der Waals surface area contributed by atoms with Crippen LogP contribution in [-0.4, -0.2) is 16.5 Å². The molecule has 0 fully saturated rings. The third-order valence-electron chi connectivity index (χ3n) is 3.33. The molecule has 0 saturated heterocycles. The van der Waals surface area contributed by atoms with Crippen molar-refractivity contribution >= 4 is 5.82 Å². The zero-order valence-corrected chi connectivity index (χ0v) is 13.0. The lowest BCUT2D eigenvalue weighted by molar-refractivity contribution is 0.816. The number of hydrogen-bond donors (Lipinski definition) is 1. The molecule has 1 aromatic carbocycles. The van der Waals surface area contributed by atoms with E-state index in [0.717, 1.165) is 29.4 Å². The van der Waals surface area contributed by atoms with E-state index in [2.05, 4.69) is 63.1 Å². The normalized spacial score (nSPS) is 10.9. The maximum Gasteiger partial charge on any atom is 0.162 e. The second kappa shape index (κ2) is 6.04. The van der Waals surface area contributed by atoms with Crippen LogP contribution in [0.25, 0.3) is 11.4 Å². The van der Waals surface area contributed by atoms with Gasteiger partial charge in [-0.15, -0.1) is 0 Å². The van der Waals surface area contributed by atoms with Gasteiger partial charge in [-0.1, -0.05) is 31.5 Å². The standard InChI is InChI=1S/C17H23N3/c1-6-18-16-10-15(11(2)3)19-17(20-16)14-9-12(4)7-8-13(14)5/h7-11H,6H2,1-5H3,(H,18,19,20). The van der Waals surface area contributed by atoms with Gasteiger partial charge in [-0.05, 0) is 38.3 Å². The lowest BCUT2D eigenvalue weighted by Gasteiger charge is -2.12. The Bertz CT molecular complexity index is 603. The lowest BCUT2D eigenvalue weighted by atomic mass is 10.0. The Hall–Kier alpha value is -1.90. The summed E-state index contributed by atoms with van der Waals surface area (Å²) in [5.74, 6) is 2.11. The highest BCUT2D eigenvalue weighted by Crippen LogP contribution is 2.25. The second-order valence-corrected chi connectivity index (χ2v) is 5.51. The van der Waals surface area contributed by atoms with Gasteiger partial charge < -0.3 is 5.32 Å². The zero-order valence-electron chi connectivity index (χ0n) is 13.0. The SMILES string of the molecule is CCNc1cc(C(C)C)nc(-c2cc(C)ccc2C)n1. The van der Waals surface area contributed by atoms with E-state index < -0.39 is 0 Å². The Balaban J connectivity index is 2.57. The van der Waals surface area contributed by atoms with E-state index in [1.165, 1.54) is 11.1 Å². The molecule has 3 heteroatoms. The molecule has 0 aliphatic heterocycles. The van der Waals surface area contributed by atoms with Crippen LogP contribution in [0.15, 0.2) is 24.3 Å². The molecule has 20 heavy (non-hydrogen) atoms. The van der Waals surface area contributed by atoms with Crippen LogP contribution in [0.1, 0.15) is 43.5 Å². The van der Waals surface area contributed by atoms with Crippen molar-refractivity contribution in [1.29, 1.82) is 0 Å². The molecule has 106 valence electrons. The van der Waals surface area contributed by atoms with Gasteiger partial charge in [-0.2, -0.15) is 0 Å². The fraction of sp³-hybridized carbons (Fsp3) is 0.412. The molecule has 3 nitrogen and oxygen atoms in total. The van der Waals surface area contributed by atoms with Crippen molar-refractivity contribution in [3.05, 3.63) is 41.1 Å². The quantitative estimate of drug-likeness (QED) is 0.898. The minimum atomic E-state index is 0.388. The van der Waals surface area contributed by atoms with E-state index in [1.807, 2.05) is 6.07 Å². The number of aromatic nitrogens is 2. The monoisotopic (exact) mass is 269 g/mol. The first-order valence-electron chi connectivity index (χ1n) is 7.21. The summed E-state index contributed by atoms with van der Waals surface area (Å²) in [5.41, 5.74) is 4.63. The summed E-state index contributed by atoms with van der Waals surface area (Å²) in [4.78, 5) is 9.39. The molecule has 0 bridgehead atoms. The molecule has 2 rings (SSSR count). The molecule has 2 aromatic rings. The van der Waals surface area contributed by atoms with Gasteiger partial charge >= 0.3 is 0 Å². The fourth-order valence-corrected chi connectivity index (χ4v) is 2.13. The largest absolute Gasteiger partial charge is 0.370 e. The highest BCUT2D eigenvalue weighted by molar-refractivity contribution is 5.63. The number of nitrogens with zero attached hydrogens (tertiary/aromatic N) is 2. The number of nitrogens with one attached hydrogen (secondary N) is 1. The molecule has 1 heterocycles. The summed E-state index contributed by atoms with van der Waals surface area (Å²) >= 11 is 0. The Kier molecular flexibility index (Phi) is 4.38. The molecule has 0 atom stereocenters. The smallest absolute Gasteiger partial charge is 0.162 e. The van der Waals surface area contributed by atoms with Gasteiger partial charge in [0.15, 0.2) is 5.82 Å². The van der Waals surface area contributed by atoms with Crippen LogP contribution in [0.2, 0.25) is 0 Å². The maximum absolute atomic E-state index is 4.74. The molecule has 0 radical (unpaired) electrons. The van der Waals surface area contributed by atoms with Crippen LogP contribution in [0.5, 0.6) is 0 Å².